The van der Waals surface area contributed by atoms with Gasteiger partial charge in [-0.3, -0.25) is 24.8 Å². The first-order valence-electron chi connectivity index (χ1n) is 37.0. The van der Waals surface area contributed by atoms with Gasteiger partial charge in [-0.25, -0.2) is 4.98 Å². The Kier molecular flexibility index (Phi) is 17.8. The van der Waals surface area contributed by atoms with Crippen LogP contribution in [0.4, 0.5) is 68.4 Å². The second-order valence-corrected chi connectivity index (χ2v) is 27.4. The number of azo groups is 3. The Bertz CT molecular complexity index is 6630. The highest BCUT2D eigenvalue weighted by molar-refractivity contribution is 6.25. The van der Waals surface area contributed by atoms with Gasteiger partial charge in [0.05, 0.1) is 50.9 Å². The van der Waals surface area contributed by atoms with Gasteiger partial charge in [0.2, 0.25) is 0 Å². The van der Waals surface area contributed by atoms with Gasteiger partial charge in [-0.05, 0) is 167 Å². The molecule has 9 N–H and O–H groups in total. The molecule has 544 valence electrons. The van der Waals surface area contributed by atoms with Crippen molar-refractivity contribution in [2.24, 2.45) is 30.7 Å². The number of carbonyl (C=O) groups is 2. The molecule has 0 aliphatic carbocycles. The van der Waals surface area contributed by atoms with Crippen molar-refractivity contribution in [3.8, 4) is 17.2 Å². The molecule has 0 saturated carbocycles. The number of hydrogen-bond donors (Lipinski definition) is 9. The maximum atomic E-state index is 14.3. The molecule has 0 saturated heterocycles. The number of H-pyrrole nitrogens is 3. The minimum Gasteiger partial charge on any atom is -0.505 e. The highest BCUT2D eigenvalue weighted by Gasteiger charge is 2.26. The van der Waals surface area contributed by atoms with E-state index in [9.17, 15) is 24.9 Å². The van der Waals surface area contributed by atoms with Crippen LogP contribution in [0, 0.1) is 0 Å². The highest BCUT2D eigenvalue weighted by atomic mass is 16.6. The Morgan fingerprint density at radius 2 is 0.759 bits per heavy atom. The molecular formula is C92H70N14O6. The van der Waals surface area contributed by atoms with Gasteiger partial charge in [0.25, 0.3) is 11.8 Å². The fourth-order valence-corrected chi connectivity index (χ4v) is 15.2. The van der Waals surface area contributed by atoms with E-state index in [2.05, 4.69) is 50.1 Å². The molecule has 112 heavy (non-hydrogen) atoms. The number of aryl methyl sites for hydroxylation is 3. The van der Waals surface area contributed by atoms with Crippen LogP contribution in [0.5, 0.6) is 17.2 Å². The molecule has 20 nitrogen and oxygen atoms in total. The number of pyridine rings is 1. The highest BCUT2D eigenvalue weighted by Crippen LogP contribution is 2.49. The Morgan fingerprint density at radius 1 is 0.384 bits per heavy atom. The lowest BCUT2D eigenvalue weighted by molar-refractivity contribution is 0.101. The average Bonchev–Trinajstić information content (AvgIpc) is 1.54. The van der Waals surface area contributed by atoms with Gasteiger partial charge in [0, 0.05) is 93.3 Å². The van der Waals surface area contributed by atoms with E-state index in [-0.39, 0.29) is 52.0 Å². The van der Waals surface area contributed by atoms with Crippen molar-refractivity contribution in [1.82, 2.24) is 19.9 Å². The maximum absolute atomic E-state index is 14.3. The van der Waals surface area contributed by atoms with E-state index in [1.807, 2.05) is 225 Å². The molecule has 0 aliphatic heterocycles. The normalized spacial score (nSPS) is 12.0. The third-order valence-electron chi connectivity index (χ3n) is 20.8. The largest absolute Gasteiger partial charge is 0.505 e. The average molecular weight is 1470 g/mol. The number of aromatic hydroxyl groups is 3. The van der Waals surface area contributed by atoms with Crippen LogP contribution in [0.3, 0.4) is 0 Å². The van der Waals surface area contributed by atoms with Gasteiger partial charge in [-0.15, -0.1) is 20.5 Å². The quantitative estimate of drug-likeness (QED) is 0.0259. The van der Waals surface area contributed by atoms with Crippen LogP contribution in [-0.2, 0) is 30.7 Å². The summed E-state index contributed by atoms with van der Waals surface area (Å²) in [5, 5.41) is 81.7. The Labute approximate surface area is 640 Å². The molecule has 0 spiro atoms. The van der Waals surface area contributed by atoms with Crippen LogP contribution in [0.1, 0.15) is 63.7 Å². The van der Waals surface area contributed by atoms with Gasteiger partial charge in [0.1, 0.15) is 40.9 Å². The van der Waals surface area contributed by atoms with Crippen molar-refractivity contribution >= 4 is 178 Å². The lowest BCUT2D eigenvalue weighted by atomic mass is 10.00. The number of anilines is 6. The lowest BCUT2D eigenvalue weighted by Gasteiger charge is -2.24. The lowest BCUT2D eigenvalue weighted by Crippen LogP contribution is -2.13. The van der Waals surface area contributed by atoms with E-state index in [4.69, 9.17) is 40.5 Å². The number of benzene rings is 14. The van der Waals surface area contributed by atoms with Crippen molar-refractivity contribution in [3.05, 3.63) is 300 Å². The number of nitrogens with one attached hydrogen (secondary N) is 6. The maximum Gasteiger partial charge on any atom is 0.259 e. The van der Waals surface area contributed by atoms with Crippen molar-refractivity contribution in [1.29, 1.82) is 0 Å². The molecular weight excluding hydrogens is 1400 g/mol. The monoisotopic (exact) mass is 1470 g/mol. The van der Waals surface area contributed by atoms with E-state index in [0.717, 1.165) is 99.6 Å². The van der Waals surface area contributed by atoms with E-state index in [0.29, 0.717) is 91.0 Å². The number of hydrogen-bond acceptors (Lipinski definition) is 15. The number of rotatable bonds is 20. The van der Waals surface area contributed by atoms with Crippen molar-refractivity contribution in [2.45, 2.75) is 46.6 Å². The molecule has 4 heterocycles. The number of nitrogens with zero attached hydrogens (tertiary/aromatic N) is 8. The smallest absolute Gasteiger partial charge is 0.259 e. The van der Waals surface area contributed by atoms with Crippen LogP contribution in [0.25, 0.3) is 97.7 Å². The summed E-state index contributed by atoms with van der Waals surface area (Å²) < 4.78 is 0. The topological polar surface area (TPSA) is 278 Å². The third-order valence-corrected chi connectivity index (χ3v) is 20.8. The summed E-state index contributed by atoms with van der Waals surface area (Å²) in [5.41, 5.74) is 16.6. The fraction of sp³-hybridized carbons (Fsp3) is 0.0761. The van der Waals surface area contributed by atoms with Crippen LogP contribution in [0.15, 0.2) is 298 Å². The summed E-state index contributed by atoms with van der Waals surface area (Å²) in [5.74, 6) is -1.32. The number of phenols is 3. The van der Waals surface area contributed by atoms with Gasteiger partial charge >= 0.3 is 0 Å². The van der Waals surface area contributed by atoms with E-state index >= 15 is 0 Å². The summed E-state index contributed by atoms with van der Waals surface area (Å²) in [7, 11) is 0. The van der Waals surface area contributed by atoms with Crippen molar-refractivity contribution in [2.75, 3.05) is 21.0 Å². The van der Waals surface area contributed by atoms with Gasteiger partial charge in [0.15, 0.2) is 11.5 Å². The minimum absolute atomic E-state index is 0.00501. The molecule has 0 atom stereocenters. The number of fused-ring (bicyclic) bond motifs is 15. The second-order valence-electron chi connectivity index (χ2n) is 27.4. The van der Waals surface area contributed by atoms with Gasteiger partial charge in [-0.2, -0.15) is 10.2 Å². The number of amides is 2. The van der Waals surface area contributed by atoms with Crippen LogP contribution >= 0.6 is 0 Å². The summed E-state index contributed by atoms with van der Waals surface area (Å²) in [6, 6.07) is 82.5. The molecule has 2 amide bonds. The molecule has 0 fully saturated rings. The molecule has 14 aromatic carbocycles. The second kappa shape index (κ2) is 29.0. The van der Waals surface area contributed by atoms with E-state index < -0.39 is 11.8 Å². The molecule has 18 rings (SSSR count). The number of aromatic amines is 3. The van der Waals surface area contributed by atoms with Crippen molar-refractivity contribution in [3.63, 3.8) is 0 Å². The zero-order valence-corrected chi connectivity index (χ0v) is 60.9. The molecule has 4 aromatic heterocycles. The van der Waals surface area contributed by atoms with Gasteiger partial charge in [-0.1, -0.05) is 166 Å². The Hall–Kier alpha value is -14.9. The fourth-order valence-electron chi connectivity index (χ4n) is 15.2. The minimum atomic E-state index is -0.506. The summed E-state index contributed by atoms with van der Waals surface area (Å²) in [4.78, 5) is 52.4. The predicted molar refractivity (Wildman–Crippen MR) is 448 cm³/mol. The number of para-hydroxylation sites is 6. The molecule has 20 heteroatoms. The number of carbonyl (C=O) groups excluding carboxylic acids is 2. The SMILES string of the molecule is CCc1ccccc1NOCc1cc2ccc3c4ccccc4[nH]c3c2c(N=Nc2ccc(N(c3ccc(N=Nc4c(O)c(C(=O)Nc5ccccc5CC)cc5ccc6c7ccccc7[nH]c6c45)cc3)c3ccc(N=Nc4c(O)c(C(=O)Nc5ccccc5CC)cc5ccc6c7ccccc7[nH]c6c45)cc3)nc2)c1O. The summed E-state index contributed by atoms with van der Waals surface area (Å²) in [6.45, 7) is 6.12. The molecule has 0 aliphatic rings. The molecule has 18 aromatic rings. The molecule has 0 radical (unpaired) electrons. The zero-order valence-electron chi connectivity index (χ0n) is 60.9. The van der Waals surface area contributed by atoms with Crippen LogP contribution in [0.2, 0.25) is 0 Å². The standard InChI is InChI=1S/C92H70N14O6/c1-4-52-19-7-13-25-72(52)97-91(110)70-48-56-32-44-68-65-23-11-17-29-76(65)95-83(68)80(56)86(89(70)108)103-99-59-34-39-62(40-35-59)106(63-41-36-60(37-42-63)100-104-87-81-57(33-45-69-66-24-12-18-30-77(66)96-84(69)81)49-71(90(87)109)92(111)98-73-26-14-8-20-53(73)5-2)78-46-38-61(50-93-78)101-102-85-79-55(31-43-67-64-22-10-16-28-75(64)94-82(67)79)47-58(88(85)107)51-112-105-74-27-15-9-21-54(74)6-3/h7-50,94-96,105,107-109H,4-6,51H2,1-3H3,(H,97,110)(H,98,111). The first kappa shape index (κ1) is 68.9. The van der Waals surface area contributed by atoms with Crippen LogP contribution in [-0.4, -0.2) is 47.1 Å². The number of aromatic nitrogens is 4. The summed E-state index contributed by atoms with van der Waals surface area (Å²) in [6.07, 6.45) is 3.77. The van der Waals surface area contributed by atoms with Crippen LogP contribution < -0.4 is 21.0 Å². The van der Waals surface area contributed by atoms with Crippen molar-refractivity contribution < 1.29 is 29.7 Å². The van der Waals surface area contributed by atoms with E-state index in [1.165, 1.54) is 0 Å². The third kappa shape index (κ3) is 12.5. The molecule has 0 unspecified atom stereocenters. The number of phenolic OH excluding ortho intramolecular Hbond substituents is 3. The predicted octanol–water partition coefficient (Wildman–Crippen LogP) is 25.0. The first-order valence-corrected chi connectivity index (χ1v) is 37.0. The molecule has 0 bridgehead atoms. The Morgan fingerprint density at radius 3 is 1.19 bits per heavy atom. The first-order chi connectivity index (χ1) is 54.9. The van der Waals surface area contributed by atoms with Gasteiger partial charge < -0.3 is 40.9 Å². The zero-order chi connectivity index (χ0) is 76.1. The Balaban J connectivity index is 0.722. The van der Waals surface area contributed by atoms with E-state index in [1.54, 1.807) is 48.7 Å². The summed E-state index contributed by atoms with van der Waals surface area (Å²) >= 11 is 0.